The molecule has 1 saturated heterocycles. The Hall–Kier alpha value is -1.39. The summed E-state index contributed by atoms with van der Waals surface area (Å²) in [6.07, 6.45) is 3.81. The molecule has 0 bridgehead atoms. The molecule has 0 saturated carbocycles. The Morgan fingerprint density at radius 1 is 1.43 bits per heavy atom. The zero-order valence-electron chi connectivity index (χ0n) is 12.8. The molecule has 1 fully saturated rings. The number of hydrogen-bond acceptors (Lipinski definition) is 3. The van der Waals surface area contributed by atoms with Crippen molar-refractivity contribution >= 4 is 5.91 Å². The van der Waals surface area contributed by atoms with Crippen LogP contribution in [0.25, 0.3) is 0 Å². The first-order valence-electron chi connectivity index (χ1n) is 7.76. The molecule has 1 atom stereocenters. The van der Waals surface area contributed by atoms with E-state index in [1.54, 1.807) is 0 Å². The molecule has 4 heteroatoms. The molecule has 1 aliphatic rings. The molecular formula is C17H25NO3. The predicted octanol–water partition coefficient (Wildman–Crippen LogP) is 2.24. The molecule has 1 unspecified atom stereocenters. The van der Waals surface area contributed by atoms with Gasteiger partial charge in [-0.1, -0.05) is 24.3 Å². The standard InChI is InChI=1S/C17H25NO3/c1-14-6-2-3-7-15(14)12-17(19)18-9-5-10-20-13-16-8-4-11-21-16/h2-3,6-7,16H,4-5,8-13H2,1H3,(H,18,19). The van der Waals surface area contributed by atoms with Gasteiger partial charge in [-0.3, -0.25) is 4.79 Å². The molecule has 1 aromatic carbocycles. The number of hydrogen-bond donors (Lipinski definition) is 1. The first-order valence-corrected chi connectivity index (χ1v) is 7.76. The van der Waals surface area contributed by atoms with Crippen LogP contribution < -0.4 is 5.32 Å². The second-order valence-corrected chi connectivity index (χ2v) is 5.52. The van der Waals surface area contributed by atoms with Crippen LogP contribution in [0.2, 0.25) is 0 Å². The van der Waals surface area contributed by atoms with E-state index in [4.69, 9.17) is 9.47 Å². The maximum absolute atomic E-state index is 11.8. The number of aryl methyl sites for hydroxylation is 1. The van der Waals surface area contributed by atoms with Gasteiger partial charge in [-0.2, -0.15) is 0 Å². The molecular weight excluding hydrogens is 266 g/mol. The molecule has 0 aromatic heterocycles. The Balaban J connectivity index is 1.52. The second kappa shape index (κ2) is 8.80. The highest BCUT2D eigenvalue weighted by Crippen LogP contribution is 2.11. The maximum atomic E-state index is 11.8. The van der Waals surface area contributed by atoms with Crippen molar-refractivity contribution in [2.24, 2.45) is 0 Å². The number of rotatable bonds is 8. The molecule has 0 aliphatic carbocycles. The van der Waals surface area contributed by atoms with Gasteiger partial charge in [-0.05, 0) is 37.3 Å². The number of nitrogens with one attached hydrogen (secondary N) is 1. The molecule has 21 heavy (non-hydrogen) atoms. The fraction of sp³-hybridized carbons (Fsp3) is 0.588. The summed E-state index contributed by atoms with van der Waals surface area (Å²) in [6.45, 7) is 4.91. The summed E-state index contributed by atoms with van der Waals surface area (Å²) >= 11 is 0. The maximum Gasteiger partial charge on any atom is 0.224 e. The zero-order valence-corrected chi connectivity index (χ0v) is 12.8. The number of amides is 1. The average Bonchev–Trinajstić information content (AvgIpc) is 2.98. The fourth-order valence-electron chi connectivity index (χ4n) is 2.44. The van der Waals surface area contributed by atoms with Gasteiger partial charge in [0.05, 0.1) is 19.1 Å². The van der Waals surface area contributed by atoms with E-state index >= 15 is 0 Å². The normalized spacial score (nSPS) is 17.9. The van der Waals surface area contributed by atoms with Crippen molar-refractivity contribution in [3.63, 3.8) is 0 Å². The monoisotopic (exact) mass is 291 g/mol. The lowest BCUT2D eigenvalue weighted by atomic mass is 10.1. The van der Waals surface area contributed by atoms with E-state index in [0.29, 0.717) is 26.2 Å². The topological polar surface area (TPSA) is 47.6 Å². The zero-order chi connectivity index (χ0) is 14.9. The van der Waals surface area contributed by atoms with Gasteiger partial charge in [0.15, 0.2) is 0 Å². The van der Waals surface area contributed by atoms with Crippen LogP contribution in [0.1, 0.15) is 30.4 Å². The highest BCUT2D eigenvalue weighted by molar-refractivity contribution is 5.78. The fourth-order valence-corrected chi connectivity index (χ4v) is 2.44. The SMILES string of the molecule is Cc1ccccc1CC(=O)NCCCOCC1CCCO1. The van der Waals surface area contributed by atoms with E-state index in [-0.39, 0.29) is 12.0 Å². The third kappa shape index (κ3) is 5.86. The van der Waals surface area contributed by atoms with Crippen molar-refractivity contribution in [3.8, 4) is 0 Å². The van der Waals surface area contributed by atoms with Crippen molar-refractivity contribution < 1.29 is 14.3 Å². The Bertz CT molecular complexity index is 441. The lowest BCUT2D eigenvalue weighted by Gasteiger charge is -2.10. The van der Waals surface area contributed by atoms with Crippen molar-refractivity contribution in [2.45, 2.75) is 38.7 Å². The lowest BCUT2D eigenvalue weighted by molar-refractivity contribution is -0.120. The molecule has 4 nitrogen and oxygen atoms in total. The summed E-state index contributed by atoms with van der Waals surface area (Å²) in [5, 5.41) is 2.94. The van der Waals surface area contributed by atoms with Crippen LogP contribution in [0, 0.1) is 6.92 Å². The molecule has 1 aromatic rings. The molecule has 1 aliphatic heterocycles. The van der Waals surface area contributed by atoms with Crippen LogP contribution >= 0.6 is 0 Å². The summed E-state index contributed by atoms with van der Waals surface area (Å²) in [7, 11) is 0. The summed E-state index contributed by atoms with van der Waals surface area (Å²) in [6, 6.07) is 7.98. The molecule has 1 heterocycles. The van der Waals surface area contributed by atoms with Gasteiger partial charge in [0.2, 0.25) is 5.91 Å². The highest BCUT2D eigenvalue weighted by atomic mass is 16.5. The number of ether oxygens (including phenoxy) is 2. The molecule has 1 N–H and O–H groups in total. The summed E-state index contributed by atoms with van der Waals surface area (Å²) in [5.74, 6) is 0.0726. The van der Waals surface area contributed by atoms with E-state index in [1.807, 2.05) is 31.2 Å². The van der Waals surface area contributed by atoms with Gasteiger partial charge in [0.25, 0.3) is 0 Å². The van der Waals surface area contributed by atoms with Gasteiger partial charge < -0.3 is 14.8 Å². The minimum Gasteiger partial charge on any atom is -0.379 e. The summed E-state index contributed by atoms with van der Waals surface area (Å²) in [5.41, 5.74) is 2.25. The Kier molecular flexibility index (Phi) is 6.70. The van der Waals surface area contributed by atoms with Gasteiger partial charge in [0, 0.05) is 19.8 Å². The predicted molar refractivity (Wildman–Crippen MR) is 82.3 cm³/mol. The van der Waals surface area contributed by atoms with Crippen LogP contribution in [-0.4, -0.2) is 38.4 Å². The lowest BCUT2D eigenvalue weighted by Crippen LogP contribution is -2.27. The quantitative estimate of drug-likeness (QED) is 0.747. The number of carbonyl (C=O) groups is 1. The molecule has 0 spiro atoms. The van der Waals surface area contributed by atoms with Gasteiger partial charge >= 0.3 is 0 Å². The summed E-state index contributed by atoms with van der Waals surface area (Å²) in [4.78, 5) is 11.8. The second-order valence-electron chi connectivity index (χ2n) is 5.52. The Labute approximate surface area is 126 Å². The van der Waals surface area contributed by atoms with Crippen LogP contribution in [0.3, 0.4) is 0 Å². The largest absolute Gasteiger partial charge is 0.379 e. The van der Waals surface area contributed by atoms with E-state index in [9.17, 15) is 4.79 Å². The Morgan fingerprint density at radius 2 is 2.29 bits per heavy atom. The molecule has 0 radical (unpaired) electrons. The molecule has 116 valence electrons. The van der Waals surface area contributed by atoms with E-state index in [2.05, 4.69) is 5.32 Å². The van der Waals surface area contributed by atoms with Crippen LogP contribution in [0.5, 0.6) is 0 Å². The number of benzene rings is 1. The third-order valence-electron chi connectivity index (χ3n) is 3.73. The average molecular weight is 291 g/mol. The Morgan fingerprint density at radius 3 is 3.05 bits per heavy atom. The first kappa shape index (κ1) is 16.0. The van der Waals surface area contributed by atoms with Crippen molar-refractivity contribution in [1.82, 2.24) is 5.32 Å². The van der Waals surface area contributed by atoms with Gasteiger partial charge in [-0.15, -0.1) is 0 Å². The van der Waals surface area contributed by atoms with Crippen molar-refractivity contribution in [3.05, 3.63) is 35.4 Å². The first-order chi connectivity index (χ1) is 10.3. The van der Waals surface area contributed by atoms with E-state index < -0.39 is 0 Å². The number of carbonyl (C=O) groups excluding carboxylic acids is 1. The highest BCUT2D eigenvalue weighted by Gasteiger charge is 2.14. The molecule has 1 amide bonds. The van der Waals surface area contributed by atoms with E-state index in [1.165, 1.54) is 0 Å². The van der Waals surface area contributed by atoms with Crippen LogP contribution in [0.15, 0.2) is 24.3 Å². The van der Waals surface area contributed by atoms with Crippen molar-refractivity contribution in [1.29, 1.82) is 0 Å². The summed E-state index contributed by atoms with van der Waals surface area (Å²) < 4.78 is 11.0. The smallest absolute Gasteiger partial charge is 0.224 e. The van der Waals surface area contributed by atoms with Crippen LogP contribution in [-0.2, 0) is 20.7 Å². The molecule has 2 rings (SSSR count). The minimum absolute atomic E-state index is 0.0726. The minimum atomic E-state index is 0.0726. The van der Waals surface area contributed by atoms with Crippen LogP contribution in [0.4, 0.5) is 0 Å². The van der Waals surface area contributed by atoms with Gasteiger partial charge in [-0.25, -0.2) is 0 Å². The van der Waals surface area contributed by atoms with Crippen molar-refractivity contribution in [2.75, 3.05) is 26.4 Å². The third-order valence-corrected chi connectivity index (χ3v) is 3.73. The van der Waals surface area contributed by atoms with E-state index in [0.717, 1.165) is 37.0 Å². The van der Waals surface area contributed by atoms with Gasteiger partial charge in [0.1, 0.15) is 0 Å².